The molecule has 2 heterocycles. The molecule has 0 atom stereocenters. The molecule has 2 rings (SSSR count). The van der Waals surface area contributed by atoms with Gasteiger partial charge in [0.1, 0.15) is 0 Å². The number of hydrogen-bond donors (Lipinski definition) is 1. The minimum Gasteiger partial charge on any atom is -0.330 e. The van der Waals surface area contributed by atoms with Crippen molar-refractivity contribution < 1.29 is 9.59 Å². The van der Waals surface area contributed by atoms with Crippen LogP contribution in [-0.4, -0.2) is 33.3 Å². The molecule has 1 fully saturated rings. The second kappa shape index (κ2) is 3.21. The molecule has 0 unspecified atom stereocenters. The summed E-state index contributed by atoms with van der Waals surface area (Å²) in [6.07, 6.45) is 3.09. The summed E-state index contributed by atoms with van der Waals surface area (Å²) in [6, 6.07) is 0. The highest BCUT2D eigenvalue weighted by Gasteiger charge is 2.29. The van der Waals surface area contributed by atoms with Crippen LogP contribution in [0.3, 0.4) is 0 Å². The number of rotatable bonds is 1. The molecule has 0 spiro atoms. The second-order valence-electron chi connectivity index (χ2n) is 2.53. The van der Waals surface area contributed by atoms with Crippen LogP contribution in [0, 0.1) is 0 Å². The van der Waals surface area contributed by atoms with Gasteiger partial charge in [0.25, 0.3) is 0 Å². The van der Waals surface area contributed by atoms with Gasteiger partial charge in [0.05, 0.1) is 11.5 Å². The van der Waals surface area contributed by atoms with Gasteiger partial charge >= 0.3 is 0 Å². The van der Waals surface area contributed by atoms with E-state index in [9.17, 15) is 9.59 Å². The summed E-state index contributed by atoms with van der Waals surface area (Å²) in [4.78, 5) is 30.3. The zero-order valence-corrected chi connectivity index (χ0v) is 7.50. The van der Waals surface area contributed by atoms with Crippen LogP contribution >= 0.6 is 11.8 Å². The summed E-state index contributed by atoms with van der Waals surface area (Å²) < 4.78 is 0. The van der Waals surface area contributed by atoms with Gasteiger partial charge < -0.3 is 4.98 Å². The first-order valence-electron chi connectivity index (χ1n) is 3.72. The van der Waals surface area contributed by atoms with E-state index in [0.29, 0.717) is 17.5 Å². The Balaban J connectivity index is 2.29. The van der Waals surface area contributed by atoms with Crippen LogP contribution in [0.4, 0.5) is 5.95 Å². The number of imidazole rings is 1. The van der Waals surface area contributed by atoms with E-state index in [1.54, 1.807) is 6.20 Å². The Morgan fingerprint density at radius 1 is 1.38 bits per heavy atom. The van der Waals surface area contributed by atoms with Crippen molar-refractivity contribution >= 4 is 29.5 Å². The molecule has 6 heteroatoms. The van der Waals surface area contributed by atoms with Gasteiger partial charge in [-0.15, -0.1) is 11.8 Å². The molecule has 0 radical (unpaired) electrons. The maximum Gasteiger partial charge on any atom is 0.246 e. The average molecular weight is 197 g/mol. The molecule has 0 aliphatic carbocycles. The molecular weight excluding hydrogens is 190 g/mol. The van der Waals surface area contributed by atoms with E-state index < -0.39 is 0 Å². The first kappa shape index (κ1) is 8.31. The van der Waals surface area contributed by atoms with E-state index in [2.05, 4.69) is 9.97 Å². The third-order valence-corrected chi connectivity index (χ3v) is 2.55. The van der Waals surface area contributed by atoms with Crippen LogP contribution in [-0.2, 0) is 9.59 Å². The predicted octanol–water partition coefficient (Wildman–Crippen LogP) is 0.0161. The van der Waals surface area contributed by atoms with Crippen LogP contribution in [0.2, 0.25) is 0 Å². The van der Waals surface area contributed by atoms with Gasteiger partial charge in [-0.05, 0) is 0 Å². The fourth-order valence-electron chi connectivity index (χ4n) is 1.11. The Labute approximate surface area is 78.5 Å². The van der Waals surface area contributed by atoms with Crippen molar-refractivity contribution in [2.24, 2.45) is 0 Å². The number of carbonyl (C=O) groups excluding carboxylic acids is 2. The normalized spacial score (nSPS) is 18.0. The van der Waals surface area contributed by atoms with Gasteiger partial charge in [0.15, 0.2) is 0 Å². The third-order valence-electron chi connectivity index (χ3n) is 1.65. The largest absolute Gasteiger partial charge is 0.330 e. The lowest BCUT2D eigenvalue weighted by atomic mass is 10.5. The lowest BCUT2D eigenvalue weighted by Gasteiger charge is -2.21. The van der Waals surface area contributed by atoms with Gasteiger partial charge in [0.2, 0.25) is 17.8 Å². The fraction of sp³-hybridized carbons (Fsp3) is 0.286. The van der Waals surface area contributed by atoms with Crippen molar-refractivity contribution in [1.29, 1.82) is 0 Å². The zero-order valence-electron chi connectivity index (χ0n) is 6.69. The molecule has 1 N–H and O–H groups in total. The second-order valence-corrected chi connectivity index (χ2v) is 3.51. The lowest BCUT2D eigenvalue weighted by molar-refractivity contribution is -0.124. The van der Waals surface area contributed by atoms with E-state index in [4.69, 9.17) is 0 Å². The van der Waals surface area contributed by atoms with E-state index in [1.165, 1.54) is 18.0 Å². The molecule has 0 bridgehead atoms. The number of H-pyrrole nitrogens is 1. The van der Waals surface area contributed by atoms with Crippen LogP contribution < -0.4 is 4.90 Å². The summed E-state index contributed by atoms with van der Waals surface area (Å²) in [5.41, 5.74) is 0. The number of nitrogens with one attached hydrogen (secondary N) is 1. The molecule has 1 saturated heterocycles. The van der Waals surface area contributed by atoms with Crippen molar-refractivity contribution in [3.05, 3.63) is 12.4 Å². The van der Waals surface area contributed by atoms with Crippen LogP contribution in [0.25, 0.3) is 0 Å². The predicted molar refractivity (Wildman–Crippen MR) is 48.4 cm³/mol. The first-order chi connectivity index (χ1) is 6.29. The van der Waals surface area contributed by atoms with Gasteiger partial charge in [-0.2, -0.15) is 0 Å². The maximum atomic E-state index is 11.3. The van der Waals surface area contributed by atoms with Crippen molar-refractivity contribution in [2.45, 2.75) is 0 Å². The van der Waals surface area contributed by atoms with E-state index in [-0.39, 0.29) is 11.8 Å². The van der Waals surface area contributed by atoms with Gasteiger partial charge in [0, 0.05) is 12.4 Å². The SMILES string of the molecule is O=C1CSCC(=O)N1c1ncc[nH]1. The monoisotopic (exact) mass is 197 g/mol. The maximum absolute atomic E-state index is 11.3. The summed E-state index contributed by atoms with van der Waals surface area (Å²) in [5.74, 6) is 0.571. The molecule has 13 heavy (non-hydrogen) atoms. The highest BCUT2D eigenvalue weighted by Crippen LogP contribution is 2.16. The summed E-state index contributed by atoms with van der Waals surface area (Å²) in [6.45, 7) is 0. The van der Waals surface area contributed by atoms with Gasteiger partial charge in [-0.1, -0.05) is 0 Å². The molecule has 1 aliphatic heterocycles. The number of aromatic amines is 1. The van der Waals surface area contributed by atoms with Crippen LogP contribution in [0.1, 0.15) is 0 Å². The lowest BCUT2D eigenvalue weighted by Crippen LogP contribution is -2.43. The Morgan fingerprint density at radius 3 is 2.62 bits per heavy atom. The molecule has 0 saturated carbocycles. The van der Waals surface area contributed by atoms with Crippen LogP contribution in [0.15, 0.2) is 12.4 Å². The Bertz CT molecular complexity index is 320. The van der Waals surface area contributed by atoms with Crippen molar-refractivity contribution in [3.63, 3.8) is 0 Å². The Hall–Kier alpha value is -1.30. The van der Waals surface area contributed by atoms with E-state index in [0.717, 1.165) is 4.90 Å². The molecule has 5 nitrogen and oxygen atoms in total. The van der Waals surface area contributed by atoms with E-state index in [1.807, 2.05) is 0 Å². The molecular formula is C7H7N3O2S. The van der Waals surface area contributed by atoms with Crippen molar-refractivity contribution in [3.8, 4) is 0 Å². The molecule has 1 aromatic rings. The number of imide groups is 1. The number of nitrogens with zero attached hydrogens (tertiary/aromatic N) is 2. The van der Waals surface area contributed by atoms with Gasteiger partial charge in [-0.25, -0.2) is 9.88 Å². The topological polar surface area (TPSA) is 66.1 Å². The number of anilines is 1. The highest BCUT2D eigenvalue weighted by molar-refractivity contribution is 8.00. The Morgan fingerprint density at radius 2 is 2.08 bits per heavy atom. The minimum absolute atomic E-state index is 0.212. The first-order valence-corrected chi connectivity index (χ1v) is 4.87. The minimum atomic E-state index is -0.212. The number of aromatic nitrogens is 2. The smallest absolute Gasteiger partial charge is 0.246 e. The molecule has 0 aromatic carbocycles. The average Bonchev–Trinajstić information content (AvgIpc) is 2.57. The standard InChI is InChI=1S/C7H7N3O2S/c11-5-3-13-4-6(12)10(5)7-8-1-2-9-7/h1-2H,3-4H2,(H,8,9). The number of amides is 2. The fourth-order valence-corrected chi connectivity index (χ4v) is 1.82. The Kier molecular flexibility index (Phi) is 2.05. The summed E-state index contributed by atoms with van der Waals surface area (Å²) in [5, 5.41) is 0. The summed E-state index contributed by atoms with van der Waals surface area (Å²) in [7, 11) is 0. The van der Waals surface area contributed by atoms with Crippen molar-refractivity contribution in [2.75, 3.05) is 16.4 Å². The molecule has 1 aliphatic rings. The van der Waals surface area contributed by atoms with Gasteiger partial charge in [-0.3, -0.25) is 9.59 Å². The quantitative estimate of drug-likeness (QED) is 0.644. The number of hydrogen-bond acceptors (Lipinski definition) is 4. The van der Waals surface area contributed by atoms with Crippen molar-refractivity contribution in [1.82, 2.24) is 9.97 Å². The van der Waals surface area contributed by atoms with E-state index >= 15 is 0 Å². The molecule has 68 valence electrons. The number of carbonyl (C=O) groups is 2. The highest BCUT2D eigenvalue weighted by atomic mass is 32.2. The number of thioether (sulfide) groups is 1. The third kappa shape index (κ3) is 1.44. The van der Waals surface area contributed by atoms with Crippen LogP contribution in [0.5, 0.6) is 0 Å². The zero-order chi connectivity index (χ0) is 9.26. The molecule has 1 aromatic heterocycles. The summed E-state index contributed by atoms with van der Waals surface area (Å²) >= 11 is 1.33. The molecule has 2 amide bonds.